The Bertz CT molecular complexity index is 1070. The molecule has 0 saturated heterocycles. The lowest BCUT2D eigenvalue weighted by molar-refractivity contribution is -0.142. The molecule has 0 saturated carbocycles. The molecule has 1 atom stereocenters. The van der Waals surface area contributed by atoms with E-state index in [0.29, 0.717) is 13.0 Å². The van der Waals surface area contributed by atoms with Gasteiger partial charge < -0.3 is 15.0 Å². The molecule has 1 N–H and O–H groups in total. The van der Waals surface area contributed by atoms with Gasteiger partial charge in [-0.1, -0.05) is 79.7 Å². The van der Waals surface area contributed by atoms with Crippen LogP contribution < -0.4 is 10.1 Å². The Morgan fingerprint density at radius 3 is 1.83 bits per heavy atom. The molecule has 3 rings (SSSR count). The maximum absolute atomic E-state index is 14.0. The van der Waals surface area contributed by atoms with Gasteiger partial charge in [0.05, 0.1) is 7.11 Å². The summed E-state index contributed by atoms with van der Waals surface area (Å²) in [7, 11) is 1.63. The highest BCUT2D eigenvalue weighted by molar-refractivity contribution is 5.88. The van der Waals surface area contributed by atoms with Gasteiger partial charge in [-0.25, -0.2) is 0 Å². The number of amides is 2. The summed E-state index contributed by atoms with van der Waals surface area (Å²) in [6.45, 7) is 8.15. The van der Waals surface area contributed by atoms with Crippen LogP contribution in [-0.4, -0.2) is 35.4 Å². The number of hydrogen-bond donors (Lipinski definition) is 1. The van der Waals surface area contributed by atoms with Crippen molar-refractivity contribution in [2.75, 3.05) is 7.11 Å². The van der Waals surface area contributed by atoms with E-state index in [1.165, 1.54) is 0 Å². The third-order valence-electron chi connectivity index (χ3n) is 6.18. The fourth-order valence-electron chi connectivity index (χ4n) is 4.39. The molecule has 0 heterocycles. The second-order valence-electron chi connectivity index (χ2n) is 10.1. The molecule has 0 aliphatic carbocycles. The molecule has 2 amide bonds. The van der Waals surface area contributed by atoms with Gasteiger partial charge in [0.25, 0.3) is 0 Å². The topological polar surface area (TPSA) is 58.6 Å². The molecule has 5 nitrogen and oxygen atoms in total. The van der Waals surface area contributed by atoms with Crippen molar-refractivity contribution in [3.05, 3.63) is 102 Å². The molecule has 0 radical (unpaired) electrons. The van der Waals surface area contributed by atoms with E-state index < -0.39 is 11.6 Å². The zero-order valence-electron chi connectivity index (χ0n) is 22.0. The van der Waals surface area contributed by atoms with Gasteiger partial charge in [0.2, 0.25) is 11.8 Å². The van der Waals surface area contributed by atoms with Gasteiger partial charge in [0.15, 0.2) is 0 Å². The minimum absolute atomic E-state index is 0.0561. The summed E-state index contributed by atoms with van der Waals surface area (Å²) in [6.07, 6.45) is 0.786. The van der Waals surface area contributed by atoms with E-state index in [1.807, 2.05) is 88.4 Å². The molecular formula is C31H38N2O3. The average Bonchev–Trinajstić information content (AvgIpc) is 2.87. The summed E-state index contributed by atoms with van der Waals surface area (Å²) in [5.41, 5.74) is 2.71. The van der Waals surface area contributed by atoms with Crippen LogP contribution in [0.4, 0.5) is 0 Å². The van der Waals surface area contributed by atoms with E-state index >= 15 is 0 Å². The Morgan fingerprint density at radius 2 is 1.39 bits per heavy atom. The fraction of sp³-hybridized carbons (Fsp3) is 0.355. The molecular weight excluding hydrogens is 448 g/mol. The van der Waals surface area contributed by atoms with Crippen LogP contribution in [0, 0.1) is 0 Å². The Kier molecular flexibility index (Phi) is 9.29. The van der Waals surface area contributed by atoms with Crippen molar-refractivity contribution < 1.29 is 14.3 Å². The number of nitrogens with one attached hydrogen (secondary N) is 1. The maximum atomic E-state index is 14.0. The molecule has 0 aromatic heterocycles. The van der Waals surface area contributed by atoms with Crippen LogP contribution in [-0.2, 0) is 16.1 Å². The standard InChI is InChI=1S/C31H38N2O3/c1-6-28(30(35)32-31(2,3)4)33(22-23-17-19-26(36-5)20-18-23)29(34)21-27(24-13-9-7-10-14-24)25-15-11-8-12-16-25/h7-20,27-28H,6,21-22H2,1-5H3,(H,32,35). The first kappa shape index (κ1) is 27.0. The second-order valence-corrected chi connectivity index (χ2v) is 10.1. The monoisotopic (exact) mass is 486 g/mol. The number of carbonyl (C=O) groups is 2. The lowest BCUT2D eigenvalue weighted by Crippen LogP contribution is -2.53. The number of nitrogens with zero attached hydrogens (tertiary/aromatic N) is 1. The molecule has 190 valence electrons. The lowest BCUT2D eigenvalue weighted by atomic mass is 9.88. The van der Waals surface area contributed by atoms with Gasteiger partial charge in [-0.2, -0.15) is 0 Å². The predicted octanol–water partition coefficient (Wildman–Crippen LogP) is 5.94. The van der Waals surface area contributed by atoms with Crippen molar-refractivity contribution in [2.24, 2.45) is 0 Å². The van der Waals surface area contributed by atoms with Crippen LogP contribution in [0.25, 0.3) is 0 Å². The summed E-state index contributed by atoms with van der Waals surface area (Å²) < 4.78 is 5.29. The first-order chi connectivity index (χ1) is 17.2. The highest BCUT2D eigenvalue weighted by Gasteiger charge is 2.32. The van der Waals surface area contributed by atoms with Crippen molar-refractivity contribution in [3.8, 4) is 5.75 Å². The molecule has 36 heavy (non-hydrogen) atoms. The third-order valence-corrected chi connectivity index (χ3v) is 6.18. The predicted molar refractivity (Wildman–Crippen MR) is 145 cm³/mol. The van der Waals surface area contributed by atoms with Crippen LogP contribution in [0.2, 0.25) is 0 Å². The van der Waals surface area contributed by atoms with Crippen LogP contribution in [0.3, 0.4) is 0 Å². The quantitative estimate of drug-likeness (QED) is 0.386. The highest BCUT2D eigenvalue weighted by atomic mass is 16.5. The van der Waals surface area contributed by atoms with Crippen LogP contribution in [0.15, 0.2) is 84.9 Å². The van der Waals surface area contributed by atoms with E-state index in [9.17, 15) is 9.59 Å². The van der Waals surface area contributed by atoms with Gasteiger partial charge in [-0.15, -0.1) is 0 Å². The number of rotatable bonds is 10. The largest absolute Gasteiger partial charge is 0.497 e. The van der Waals surface area contributed by atoms with E-state index in [2.05, 4.69) is 29.6 Å². The van der Waals surface area contributed by atoms with Crippen molar-refractivity contribution in [1.29, 1.82) is 0 Å². The van der Waals surface area contributed by atoms with Crippen molar-refractivity contribution in [2.45, 2.75) is 64.6 Å². The van der Waals surface area contributed by atoms with Gasteiger partial charge in [0.1, 0.15) is 11.8 Å². The Balaban J connectivity index is 1.96. The van der Waals surface area contributed by atoms with E-state index in [0.717, 1.165) is 22.4 Å². The third kappa shape index (κ3) is 7.45. The number of methoxy groups -OCH3 is 1. The minimum Gasteiger partial charge on any atom is -0.497 e. The average molecular weight is 487 g/mol. The number of ether oxygens (including phenoxy) is 1. The summed E-state index contributed by atoms with van der Waals surface area (Å²) in [5.74, 6) is 0.450. The minimum atomic E-state index is -0.578. The zero-order chi connectivity index (χ0) is 26.1. The first-order valence-electron chi connectivity index (χ1n) is 12.6. The lowest BCUT2D eigenvalue weighted by Gasteiger charge is -2.34. The van der Waals surface area contributed by atoms with Crippen LogP contribution in [0.1, 0.15) is 63.1 Å². The van der Waals surface area contributed by atoms with Crippen molar-refractivity contribution in [3.63, 3.8) is 0 Å². The molecule has 0 fully saturated rings. The van der Waals surface area contributed by atoms with E-state index in [-0.39, 0.29) is 24.2 Å². The number of benzene rings is 3. The molecule has 0 bridgehead atoms. The van der Waals surface area contributed by atoms with Gasteiger partial charge >= 0.3 is 0 Å². The Labute approximate surface area is 215 Å². The fourth-order valence-corrected chi connectivity index (χ4v) is 4.39. The summed E-state index contributed by atoms with van der Waals surface area (Å²) >= 11 is 0. The smallest absolute Gasteiger partial charge is 0.243 e. The molecule has 0 aliphatic rings. The normalized spacial score (nSPS) is 12.2. The Morgan fingerprint density at radius 1 is 0.861 bits per heavy atom. The molecule has 0 aliphatic heterocycles. The number of carbonyl (C=O) groups excluding carboxylic acids is 2. The van der Waals surface area contributed by atoms with Gasteiger partial charge in [-0.05, 0) is 56.0 Å². The Hall–Kier alpha value is -3.60. The molecule has 3 aromatic rings. The summed E-state index contributed by atoms with van der Waals surface area (Å²) in [6, 6.07) is 27.2. The van der Waals surface area contributed by atoms with E-state index in [4.69, 9.17) is 4.74 Å². The first-order valence-corrected chi connectivity index (χ1v) is 12.6. The van der Waals surface area contributed by atoms with Gasteiger partial charge in [-0.3, -0.25) is 9.59 Å². The van der Waals surface area contributed by atoms with E-state index in [1.54, 1.807) is 12.0 Å². The molecule has 3 aromatic carbocycles. The number of hydrogen-bond acceptors (Lipinski definition) is 3. The zero-order valence-corrected chi connectivity index (χ0v) is 22.0. The van der Waals surface area contributed by atoms with Gasteiger partial charge in [0, 0.05) is 24.4 Å². The van der Waals surface area contributed by atoms with Crippen LogP contribution in [0.5, 0.6) is 5.75 Å². The molecule has 1 unspecified atom stereocenters. The maximum Gasteiger partial charge on any atom is 0.243 e. The van der Waals surface area contributed by atoms with Crippen molar-refractivity contribution >= 4 is 11.8 Å². The second kappa shape index (κ2) is 12.4. The SMILES string of the molecule is CCC(C(=O)NC(C)(C)C)N(Cc1ccc(OC)cc1)C(=O)CC(c1ccccc1)c1ccccc1. The molecule has 5 heteroatoms. The summed E-state index contributed by atoms with van der Waals surface area (Å²) in [5, 5.41) is 3.07. The van der Waals surface area contributed by atoms with Crippen LogP contribution >= 0.6 is 0 Å². The van der Waals surface area contributed by atoms with Crippen molar-refractivity contribution in [1.82, 2.24) is 10.2 Å². The highest BCUT2D eigenvalue weighted by Crippen LogP contribution is 2.30. The molecule has 0 spiro atoms. The summed E-state index contributed by atoms with van der Waals surface area (Å²) in [4.78, 5) is 29.1.